The number of rotatable bonds is 6. The molecule has 1 aliphatic heterocycles. The van der Waals surface area contributed by atoms with E-state index in [0.717, 1.165) is 19.6 Å². The summed E-state index contributed by atoms with van der Waals surface area (Å²) in [5, 5.41) is 3.28. The molecule has 2 heterocycles. The number of aromatic nitrogens is 1. The van der Waals surface area contributed by atoms with Crippen molar-refractivity contribution in [3.8, 4) is 0 Å². The van der Waals surface area contributed by atoms with Crippen molar-refractivity contribution in [1.29, 1.82) is 0 Å². The van der Waals surface area contributed by atoms with Crippen LogP contribution in [0.3, 0.4) is 0 Å². The van der Waals surface area contributed by atoms with Crippen molar-refractivity contribution in [3.05, 3.63) is 54.2 Å². The topological polar surface area (TPSA) is 80.3 Å². The van der Waals surface area contributed by atoms with Gasteiger partial charge in [0, 0.05) is 25.3 Å². The van der Waals surface area contributed by atoms with E-state index in [-0.39, 0.29) is 11.0 Å². The highest BCUT2D eigenvalue weighted by Crippen LogP contribution is 2.34. The van der Waals surface area contributed by atoms with Gasteiger partial charge in [0.05, 0.1) is 6.10 Å². The number of hydrogen-bond donors (Lipinski definition) is 2. The fraction of sp³-hybridized carbons (Fsp3) is 0.353. The van der Waals surface area contributed by atoms with Crippen LogP contribution in [0.2, 0.25) is 0 Å². The van der Waals surface area contributed by atoms with Gasteiger partial charge in [0.2, 0.25) is 10.0 Å². The van der Waals surface area contributed by atoms with Crippen molar-refractivity contribution >= 4 is 15.8 Å². The second-order valence-electron chi connectivity index (χ2n) is 5.72. The summed E-state index contributed by atoms with van der Waals surface area (Å²) in [6, 6.07) is 13.4. The second kappa shape index (κ2) is 7.29. The summed E-state index contributed by atoms with van der Waals surface area (Å²) in [4.78, 5) is 4.34. The minimum absolute atomic E-state index is 0.0858. The van der Waals surface area contributed by atoms with Crippen LogP contribution in [0.1, 0.15) is 18.1 Å². The van der Waals surface area contributed by atoms with Gasteiger partial charge >= 0.3 is 0 Å². The lowest BCUT2D eigenvalue weighted by Crippen LogP contribution is -2.20. The van der Waals surface area contributed by atoms with Crippen LogP contribution in [0.25, 0.3) is 0 Å². The van der Waals surface area contributed by atoms with Crippen LogP contribution in [0.5, 0.6) is 0 Å². The molecule has 0 saturated carbocycles. The number of hydrogen-bond acceptors (Lipinski definition) is 5. The first kappa shape index (κ1) is 16.9. The van der Waals surface area contributed by atoms with Crippen LogP contribution >= 0.6 is 0 Å². The van der Waals surface area contributed by atoms with Crippen molar-refractivity contribution in [1.82, 2.24) is 9.71 Å². The lowest BCUT2D eigenvalue weighted by molar-refractivity contribution is 0.0933. The van der Waals surface area contributed by atoms with E-state index in [2.05, 4.69) is 27.2 Å². The predicted octanol–water partition coefficient (Wildman–Crippen LogP) is 2.18. The largest absolute Gasteiger partial charge is 0.373 e. The number of ether oxygens (including phenoxy) is 1. The molecule has 3 rings (SSSR count). The van der Waals surface area contributed by atoms with Gasteiger partial charge in [-0.15, -0.1) is 0 Å². The monoisotopic (exact) mass is 347 g/mol. The highest BCUT2D eigenvalue weighted by atomic mass is 32.2. The molecule has 1 fully saturated rings. The zero-order chi connectivity index (χ0) is 17.0. The van der Waals surface area contributed by atoms with Crippen LogP contribution in [0.15, 0.2) is 53.6 Å². The average Bonchev–Trinajstić information content (AvgIpc) is 3.09. The van der Waals surface area contributed by atoms with E-state index in [0.29, 0.717) is 11.7 Å². The highest BCUT2D eigenvalue weighted by molar-refractivity contribution is 7.89. The van der Waals surface area contributed by atoms with Crippen molar-refractivity contribution in [2.24, 2.45) is 5.92 Å². The van der Waals surface area contributed by atoms with Crippen LogP contribution < -0.4 is 10.0 Å². The van der Waals surface area contributed by atoms with E-state index in [1.165, 1.54) is 18.8 Å². The molecule has 2 unspecified atom stereocenters. The molecule has 24 heavy (non-hydrogen) atoms. The van der Waals surface area contributed by atoms with E-state index in [1.807, 2.05) is 18.2 Å². The molecule has 0 radical (unpaired) electrons. The van der Waals surface area contributed by atoms with Crippen molar-refractivity contribution in [3.63, 3.8) is 0 Å². The molecule has 0 bridgehead atoms. The second-order valence-corrected chi connectivity index (χ2v) is 7.60. The molecular formula is C17H21N3O3S. The van der Waals surface area contributed by atoms with Gasteiger partial charge in [0.25, 0.3) is 0 Å². The third-order valence-corrected chi connectivity index (χ3v) is 5.60. The Morgan fingerprint density at radius 1 is 1.21 bits per heavy atom. The van der Waals surface area contributed by atoms with Gasteiger partial charge < -0.3 is 10.1 Å². The minimum Gasteiger partial charge on any atom is -0.373 e. The molecule has 7 heteroatoms. The van der Waals surface area contributed by atoms with Crippen LogP contribution in [0.4, 0.5) is 5.82 Å². The van der Waals surface area contributed by atoms with E-state index in [4.69, 9.17) is 4.74 Å². The van der Waals surface area contributed by atoms with E-state index in [9.17, 15) is 8.42 Å². The number of benzene rings is 1. The maximum absolute atomic E-state index is 11.7. The number of sulfonamides is 1. The van der Waals surface area contributed by atoms with Crippen LogP contribution in [-0.4, -0.2) is 33.6 Å². The van der Waals surface area contributed by atoms with Gasteiger partial charge in [0.15, 0.2) is 0 Å². The molecule has 2 atom stereocenters. The molecule has 1 aliphatic rings. The summed E-state index contributed by atoms with van der Waals surface area (Å²) < 4.78 is 31.5. The molecule has 0 aliphatic carbocycles. The van der Waals surface area contributed by atoms with Gasteiger partial charge in [0.1, 0.15) is 10.7 Å². The zero-order valence-corrected chi connectivity index (χ0v) is 14.3. The summed E-state index contributed by atoms with van der Waals surface area (Å²) in [6.45, 7) is 1.48. The first-order chi connectivity index (χ1) is 11.6. The smallest absolute Gasteiger partial charge is 0.241 e. The summed E-state index contributed by atoms with van der Waals surface area (Å²) in [5.74, 6) is 1.01. The standard InChI is InChI=1S/C17H21N3O3S/c1-18-24(21,22)15-7-8-16(20-12-15)19-11-14-9-10-23-17(14)13-5-3-2-4-6-13/h2-8,12,14,17-18H,9-11H2,1H3,(H,19,20). The molecule has 6 nitrogen and oxygen atoms in total. The highest BCUT2D eigenvalue weighted by Gasteiger charge is 2.29. The molecule has 1 aromatic heterocycles. The Hall–Kier alpha value is -1.96. The number of nitrogens with one attached hydrogen (secondary N) is 2. The molecule has 128 valence electrons. The maximum Gasteiger partial charge on any atom is 0.241 e. The number of anilines is 1. The van der Waals surface area contributed by atoms with Crippen molar-refractivity contribution in [2.75, 3.05) is 25.5 Å². The number of nitrogens with zero attached hydrogens (tertiary/aromatic N) is 1. The maximum atomic E-state index is 11.7. The summed E-state index contributed by atoms with van der Waals surface area (Å²) in [6.07, 6.45) is 2.43. The predicted molar refractivity (Wildman–Crippen MR) is 92.2 cm³/mol. The third-order valence-electron chi connectivity index (χ3n) is 4.20. The summed E-state index contributed by atoms with van der Waals surface area (Å²) >= 11 is 0. The Balaban J connectivity index is 1.63. The molecule has 0 amide bonds. The molecule has 1 saturated heterocycles. The first-order valence-corrected chi connectivity index (χ1v) is 9.38. The van der Waals surface area contributed by atoms with Crippen LogP contribution in [-0.2, 0) is 14.8 Å². The molecular weight excluding hydrogens is 326 g/mol. The quantitative estimate of drug-likeness (QED) is 0.837. The van der Waals surface area contributed by atoms with Crippen molar-refractivity contribution < 1.29 is 13.2 Å². The first-order valence-electron chi connectivity index (χ1n) is 7.90. The summed E-state index contributed by atoms with van der Waals surface area (Å²) in [7, 11) is -2.07. The Bertz CT molecular complexity index is 763. The molecule has 2 aromatic rings. The van der Waals surface area contributed by atoms with Gasteiger partial charge in [-0.2, -0.15) is 0 Å². The fourth-order valence-corrected chi connectivity index (χ4v) is 3.53. The molecule has 1 aromatic carbocycles. The zero-order valence-electron chi connectivity index (χ0n) is 13.5. The lowest BCUT2D eigenvalue weighted by Gasteiger charge is -2.19. The van der Waals surface area contributed by atoms with Crippen molar-refractivity contribution in [2.45, 2.75) is 17.4 Å². The van der Waals surface area contributed by atoms with Gasteiger partial charge in [-0.3, -0.25) is 0 Å². The summed E-state index contributed by atoms with van der Waals surface area (Å²) in [5.41, 5.74) is 1.19. The SMILES string of the molecule is CNS(=O)(=O)c1ccc(NCC2CCOC2c2ccccc2)nc1. The fourth-order valence-electron chi connectivity index (χ4n) is 2.85. The van der Waals surface area contributed by atoms with Gasteiger partial charge in [-0.1, -0.05) is 30.3 Å². The average molecular weight is 347 g/mol. The van der Waals surface area contributed by atoms with E-state index in [1.54, 1.807) is 12.1 Å². The third kappa shape index (κ3) is 3.75. The van der Waals surface area contributed by atoms with Gasteiger partial charge in [-0.25, -0.2) is 18.1 Å². The minimum atomic E-state index is -3.45. The Morgan fingerprint density at radius 2 is 2.00 bits per heavy atom. The van der Waals surface area contributed by atoms with Gasteiger partial charge in [-0.05, 0) is 31.2 Å². The van der Waals surface area contributed by atoms with E-state index < -0.39 is 10.0 Å². The van der Waals surface area contributed by atoms with Crippen LogP contribution in [0, 0.1) is 5.92 Å². The van der Waals surface area contributed by atoms with E-state index >= 15 is 0 Å². The Morgan fingerprint density at radius 3 is 2.67 bits per heavy atom. The Kier molecular flexibility index (Phi) is 5.13. The normalized spacial score (nSPS) is 20.9. The Labute approximate surface area is 142 Å². The lowest BCUT2D eigenvalue weighted by atomic mass is 9.95. The number of pyridine rings is 1. The molecule has 0 spiro atoms. The molecule has 2 N–H and O–H groups in total.